The predicted octanol–water partition coefficient (Wildman–Crippen LogP) is 1.73. The van der Waals surface area contributed by atoms with Gasteiger partial charge >= 0.3 is 0 Å². The first-order chi connectivity index (χ1) is 14.1. The van der Waals surface area contributed by atoms with Crippen LogP contribution in [-0.4, -0.2) is 72.6 Å². The van der Waals surface area contributed by atoms with Gasteiger partial charge in [0.1, 0.15) is 12.4 Å². The zero-order valence-corrected chi connectivity index (χ0v) is 16.8. The first-order valence-electron chi connectivity index (χ1n) is 10.7. The molecule has 1 aromatic carbocycles. The Bertz CT molecular complexity index is 715. The van der Waals surface area contributed by atoms with E-state index in [-0.39, 0.29) is 42.8 Å². The van der Waals surface area contributed by atoms with Crippen molar-refractivity contribution >= 4 is 11.8 Å². The summed E-state index contributed by atoms with van der Waals surface area (Å²) in [7, 11) is 0. The molecule has 6 nitrogen and oxygen atoms in total. The molecule has 1 aromatic rings. The van der Waals surface area contributed by atoms with Gasteiger partial charge in [-0.25, -0.2) is 4.39 Å². The number of hydrogen-bond donors (Lipinski definition) is 1. The topological polar surface area (TPSA) is 61.9 Å². The summed E-state index contributed by atoms with van der Waals surface area (Å²) in [6.45, 7) is 3.13. The summed E-state index contributed by atoms with van der Waals surface area (Å²) in [6.07, 6.45) is 6.05. The maximum atomic E-state index is 13.0. The molecule has 0 radical (unpaired) electrons. The number of likely N-dealkylation sites (tertiary alicyclic amines) is 1. The second-order valence-electron chi connectivity index (χ2n) is 8.44. The van der Waals surface area contributed by atoms with Gasteiger partial charge in [-0.15, -0.1) is 0 Å². The minimum atomic E-state index is -0.312. The second kappa shape index (κ2) is 9.22. The third kappa shape index (κ3) is 5.14. The number of nitrogens with one attached hydrogen (secondary N) is 1. The number of morpholine rings is 1. The zero-order chi connectivity index (χ0) is 20.2. The number of benzene rings is 1. The molecule has 1 aliphatic carbocycles. The van der Waals surface area contributed by atoms with Crippen LogP contribution in [0.3, 0.4) is 0 Å². The fourth-order valence-electron chi connectivity index (χ4n) is 4.51. The molecule has 2 heterocycles. The van der Waals surface area contributed by atoms with Crippen LogP contribution in [0.25, 0.3) is 0 Å². The summed E-state index contributed by atoms with van der Waals surface area (Å²) < 4.78 is 18.6. The molecule has 0 spiro atoms. The van der Waals surface area contributed by atoms with E-state index in [0.29, 0.717) is 13.1 Å². The van der Waals surface area contributed by atoms with Crippen molar-refractivity contribution in [3.8, 4) is 0 Å². The number of nitrogens with zero attached hydrogens (tertiary/aromatic N) is 2. The fourth-order valence-corrected chi connectivity index (χ4v) is 4.51. The predicted molar refractivity (Wildman–Crippen MR) is 107 cm³/mol. The highest BCUT2D eigenvalue weighted by molar-refractivity contribution is 5.79. The molecular weight excluding hydrogens is 373 g/mol. The van der Waals surface area contributed by atoms with Gasteiger partial charge in [0.15, 0.2) is 0 Å². The van der Waals surface area contributed by atoms with Crippen molar-refractivity contribution in [1.29, 1.82) is 0 Å². The molecule has 1 saturated carbocycles. The molecule has 2 amide bonds. The number of carbonyl (C=O) groups is 2. The molecule has 1 atom stereocenters. The number of halogens is 1. The van der Waals surface area contributed by atoms with E-state index in [9.17, 15) is 14.0 Å². The summed E-state index contributed by atoms with van der Waals surface area (Å²) in [5, 5.41) is 2.89. The summed E-state index contributed by atoms with van der Waals surface area (Å²) in [5.41, 5.74) is 0.767. The summed E-state index contributed by atoms with van der Waals surface area (Å²) in [6, 6.07) is 6.98. The van der Waals surface area contributed by atoms with E-state index in [1.54, 1.807) is 12.1 Å². The summed E-state index contributed by atoms with van der Waals surface area (Å²) in [4.78, 5) is 29.1. The van der Waals surface area contributed by atoms with Crippen LogP contribution in [0, 0.1) is 5.82 Å². The lowest BCUT2D eigenvalue weighted by atomic mass is 9.89. The van der Waals surface area contributed by atoms with E-state index >= 15 is 0 Å². The van der Waals surface area contributed by atoms with Gasteiger partial charge in [-0.1, -0.05) is 18.6 Å². The van der Waals surface area contributed by atoms with Gasteiger partial charge in [0.25, 0.3) is 0 Å². The Labute approximate surface area is 171 Å². The van der Waals surface area contributed by atoms with Crippen LogP contribution in [0.5, 0.6) is 0 Å². The lowest BCUT2D eigenvalue weighted by molar-refractivity contribution is -0.153. The fraction of sp³-hybridized carbons (Fsp3) is 0.636. The number of carbonyl (C=O) groups excluding carboxylic acids is 2. The van der Waals surface area contributed by atoms with Gasteiger partial charge in [0, 0.05) is 38.3 Å². The van der Waals surface area contributed by atoms with E-state index in [1.165, 1.54) is 31.4 Å². The van der Waals surface area contributed by atoms with Gasteiger partial charge < -0.3 is 19.9 Å². The Morgan fingerprint density at radius 3 is 2.48 bits per heavy atom. The van der Waals surface area contributed by atoms with Crippen LogP contribution in [0.4, 0.5) is 4.39 Å². The molecule has 2 aliphatic heterocycles. The maximum Gasteiger partial charge on any atom is 0.248 e. The van der Waals surface area contributed by atoms with E-state index in [2.05, 4.69) is 10.2 Å². The van der Waals surface area contributed by atoms with Crippen molar-refractivity contribution < 1.29 is 18.7 Å². The molecule has 3 fully saturated rings. The number of rotatable bonds is 6. The van der Waals surface area contributed by atoms with Crippen LogP contribution in [-0.2, 0) is 20.7 Å². The number of ether oxygens (including phenoxy) is 1. The summed E-state index contributed by atoms with van der Waals surface area (Å²) >= 11 is 0. The Morgan fingerprint density at radius 2 is 1.83 bits per heavy atom. The molecule has 0 unspecified atom stereocenters. The minimum Gasteiger partial charge on any atom is -0.365 e. The van der Waals surface area contributed by atoms with E-state index < -0.39 is 0 Å². The molecule has 4 rings (SSSR count). The normalized spacial score (nSPS) is 24.4. The average molecular weight is 403 g/mol. The third-order valence-corrected chi connectivity index (χ3v) is 6.50. The lowest BCUT2D eigenvalue weighted by Gasteiger charge is -2.45. The number of piperidine rings is 1. The van der Waals surface area contributed by atoms with Crippen LogP contribution < -0.4 is 5.32 Å². The Hall–Kier alpha value is -1.99. The molecule has 0 aromatic heterocycles. The van der Waals surface area contributed by atoms with Gasteiger partial charge in [-0.2, -0.15) is 0 Å². The molecule has 1 N–H and O–H groups in total. The Morgan fingerprint density at radius 1 is 1.10 bits per heavy atom. The van der Waals surface area contributed by atoms with Crippen molar-refractivity contribution in [1.82, 2.24) is 15.1 Å². The first-order valence-corrected chi connectivity index (χ1v) is 10.7. The van der Waals surface area contributed by atoms with Crippen molar-refractivity contribution in [3.63, 3.8) is 0 Å². The molecule has 2 saturated heterocycles. The first kappa shape index (κ1) is 20.3. The highest BCUT2D eigenvalue weighted by Crippen LogP contribution is 2.29. The van der Waals surface area contributed by atoms with E-state index in [1.807, 2.05) is 4.90 Å². The number of hydrogen-bond acceptors (Lipinski definition) is 4. The van der Waals surface area contributed by atoms with E-state index in [4.69, 9.17) is 4.74 Å². The highest BCUT2D eigenvalue weighted by Gasteiger charge is 2.35. The van der Waals surface area contributed by atoms with Gasteiger partial charge in [-0.05, 0) is 43.4 Å². The van der Waals surface area contributed by atoms with Gasteiger partial charge in [0.2, 0.25) is 11.8 Å². The smallest absolute Gasteiger partial charge is 0.248 e. The maximum absolute atomic E-state index is 13.0. The average Bonchev–Trinajstić information content (AvgIpc) is 2.68. The van der Waals surface area contributed by atoms with Crippen LogP contribution >= 0.6 is 0 Å². The standard InChI is InChI=1S/C22H30FN3O3/c23-17-6-4-16(5-7-17)12-21(27)24-13-20-14-26(22(28)15-29-20)19-8-10-25(11-9-19)18-2-1-3-18/h4-7,18-20H,1-3,8-15H2,(H,24,27)/t20-/m1/s1. The molecule has 29 heavy (non-hydrogen) atoms. The SMILES string of the molecule is O=C(Cc1ccc(F)cc1)NC[C@@H]1CN(C2CCN(C3CCC3)CC2)C(=O)CO1. The Kier molecular flexibility index (Phi) is 6.45. The highest BCUT2D eigenvalue weighted by atomic mass is 19.1. The van der Waals surface area contributed by atoms with E-state index in [0.717, 1.165) is 37.5 Å². The molecule has 158 valence electrons. The third-order valence-electron chi connectivity index (χ3n) is 6.50. The monoisotopic (exact) mass is 403 g/mol. The van der Waals surface area contributed by atoms with Crippen molar-refractivity contribution in [2.45, 2.75) is 56.7 Å². The lowest BCUT2D eigenvalue weighted by Crippen LogP contribution is -2.57. The summed E-state index contributed by atoms with van der Waals surface area (Å²) in [5.74, 6) is -0.383. The number of amides is 2. The van der Waals surface area contributed by atoms with Crippen molar-refractivity contribution in [2.75, 3.05) is 32.8 Å². The molecule has 3 aliphatic rings. The molecular formula is C22H30FN3O3. The quantitative estimate of drug-likeness (QED) is 0.786. The van der Waals surface area contributed by atoms with Gasteiger partial charge in [0.05, 0.1) is 12.5 Å². The second-order valence-corrected chi connectivity index (χ2v) is 8.44. The van der Waals surface area contributed by atoms with Crippen molar-refractivity contribution in [3.05, 3.63) is 35.6 Å². The Balaban J connectivity index is 1.22. The van der Waals surface area contributed by atoms with Crippen LogP contribution in [0.15, 0.2) is 24.3 Å². The van der Waals surface area contributed by atoms with Crippen molar-refractivity contribution in [2.24, 2.45) is 0 Å². The van der Waals surface area contributed by atoms with Crippen LogP contribution in [0.2, 0.25) is 0 Å². The van der Waals surface area contributed by atoms with Gasteiger partial charge in [-0.3, -0.25) is 9.59 Å². The zero-order valence-electron chi connectivity index (χ0n) is 16.8. The molecule has 7 heteroatoms. The largest absolute Gasteiger partial charge is 0.365 e. The minimum absolute atomic E-state index is 0.0565. The molecule has 0 bridgehead atoms. The van der Waals surface area contributed by atoms with Crippen LogP contribution in [0.1, 0.15) is 37.7 Å².